The Morgan fingerprint density at radius 3 is 2.46 bits per heavy atom. The van der Waals surface area contributed by atoms with Crippen LogP contribution in [0.5, 0.6) is 0 Å². The van der Waals surface area contributed by atoms with Crippen LogP contribution < -0.4 is 11.1 Å². The van der Waals surface area contributed by atoms with E-state index in [9.17, 15) is 9.90 Å². The van der Waals surface area contributed by atoms with Crippen LogP contribution in [0, 0.1) is 0 Å². The molecule has 3 rings (SSSR count). The first kappa shape index (κ1) is 19.9. The zero-order chi connectivity index (χ0) is 19.9. The monoisotopic (exact) mass is 378 g/mol. The lowest BCUT2D eigenvalue weighted by molar-refractivity contribution is 0.0460. The number of carbonyl (C=O) groups is 1. The number of rotatable bonds is 8. The lowest BCUT2D eigenvalue weighted by Gasteiger charge is -2.28. The maximum atomic E-state index is 10.9. The molecule has 1 amide bonds. The van der Waals surface area contributed by atoms with Gasteiger partial charge in [-0.1, -0.05) is 72.8 Å². The average molecular weight is 378 g/mol. The van der Waals surface area contributed by atoms with E-state index in [0.29, 0.717) is 6.42 Å². The number of aliphatic hydroxyl groups is 1. The largest absolute Gasteiger partial charge is 0.447 e. The molecule has 0 aliphatic carbocycles. The number of hydrogen-bond acceptors (Lipinski definition) is 4. The predicted molar refractivity (Wildman–Crippen MR) is 111 cm³/mol. The molecule has 0 saturated carbocycles. The second-order valence-corrected chi connectivity index (χ2v) is 6.95. The Morgan fingerprint density at radius 2 is 1.71 bits per heavy atom. The van der Waals surface area contributed by atoms with Gasteiger partial charge in [-0.15, -0.1) is 0 Å². The molecule has 0 radical (unpaired) electrons. The number of carbonyl (C=O) groups excluding carboxylic acids is 1. The number of amides is 1. The average Bonchev–Trinajstić information content (AvgIpc) is 2.71. The molecule has 28 heavy (non-hydrogen) atoms. The highest BCUT2D eigenvalue weighted by atomic mass is 16.6. The van der Waals surface area contributed by atoms with Gasteiger partial charge >= 0.3 is 6.09 Å². The first-order valence-electron chi connectivity index (χ1n) is 9.42. The molecule has 0 aromatic heterocycles. The summed E-state index contributed by atoms with van der Waals surface area (Å²) in [6.07, 6.45) is -1.18. The van der Waals surface area contributed by atoms with E-state index >= 15 is 0 Å². The number of aliphatic hydroxyl groups excluding tert-OH is 1. The van der Waals surface area contributed by atoms with Crippen molar-refractivity contribution < 1.29 is 14.6 Å². The number of nitrogens with one attached hydrogen (secondary N) is 1. The van der Waals surface area contributed by atoms with E-state index in [1.165, 1.54) is 10.8 Å². The van der Waals surface area contributed by atoms with E-state index in [-0.39, 0.29) is 18.7 Å². The molecule has 0 heterocycles. The standard InChI is InChI=1S/C23H26N2O3/c1-16(19-13-7-11-18-10-5-6-12-20(18)19)25-21(22(26)15-28-23(24)27)14-17-8-3-2-4-9-17/h2-13,16,21-22,25-26H,14-15H2,1H3,(H2,24,27)/t16-,21?,22+/m0/s1. The van der Waals surface area contributed by atoms with Gasteiger partial charge in [-0.25, -0.2) is 4.79 Å². The highest BCUT2D eigenvalue weighted by Gasteiger charge is 2.23. The third-order valence-corrected chi connectivity index (χ3v) is 4.91. The second-order valence-electron chi connectivity index (χ2n) is 6.95. The summed E-state index contributed by atoms with van der Waals surface area (Å²) in [6, 6.07) is 24.0. The van der Waals surface area contributed by atoms with Crippen molar-refractivity contribution in [2.75, 3.05) is 6.61 Å². The maximum Gasteiger partial charge on any atom is 0.404 e. The van der Waals surface area contributed by atoms with Crippen LogP contribution in [0.15, 0.2) is 72.8 Å². The normalized spacial score (nSPS) is 14.4. The Bertz CT molecular complexity index is 909. The Morgan fingerprint density at radius 1 is 1.04 bits per heavy atom. The van der Waals surface area contributed by atoms with Crippen LogP contribution in [0.2, 0.25) is 0 Å². The van der Waals surface area contributed by atoms with Crippen molar-refractivity contribution in [3.63, 3.8) is 0 Å². The van der Waals surface area contributed by atoms with Crippen LogP contribution in [0.1, 0.15) is 24.1 Å². The molecule has 0 fully saturated rings. The fraction of sp³-hybridized carbons (Fsp3) is 0.261. The first-order chi connectivity index (χ1) is 13.5. The Labute approximate surface area is 165 Å². The SMILES string of the molecule is C[C@H](NC(Cc1ccccc1)[C@H](O)COC(N)=O)c1cccc2ccccc12. The van der Waals surface area contributed by atoms with Gasteiger partial charge in [0.1, 0.15) is 12.7 Å². The minimum atomic E-state index is -0.889. The predicted octanol–water partition coefficient (Wildman–Crippen LogP) is 3.56. The van der Waals surface area contributed by atoms with Crippen molar-refractivity contribution in [2.24, 2.45) is 5.73 Å². The van der Waals surface area contributed by atoms with Gasteiger partial charge in [0, 0.05) is 12.1 Å². The lowest BCUT2D eigenvalue weighted by atomic mass is 9.96. The minimum Gasteiger partial charge on any atom is -0.447 e. The van der Waals surface area contributed by atoms with Gasteiger partial charge in [-0.05, 0) is 35.2 Å². The third-order valence-electron chi connectivity index (χ3n) is 4.91. The Kier molecular flexibility index (Phi) is 6.63. The summed E-state index contributed by atoms with van der Waals surface area (Å²) in [5.41, 5.74) is 7.29. The number of nitrogens with two attached hydrogens (primary N) is 1. The molecule has 0 bridgehead atoms. The summed E-state index contributed by atoms with van der Waals surface area (Å²) >= 11 is 0. The van der Waals surface area contributed by atoms with Crippen LogP contribution in [-0.2, 0) is 11.2 Å². The van der Waals surface area contributed by atoms with Crippen LogP contribution in [0.25, 0.3) is 10.8 Å². The van der Waals surface area contributed by atoms with Gasteiger partial charge in [0.05, 0.1) is 0 Å². The van der Waals surface area contributed by atoms with Gasteiger partial charge in [-0.3, -0.25) is 0 Å². The van der Waals surface area contributed by atoms with Crippen molar-refractivity contribution in [3.05, 3.63) is 83.9 Å². The molecule has 5 heteroatoms. The van der Waals surface area contributed by atoms with E-state index in [2.05, 4.69) is 36.5 Å². The van der Waals surface area contributed by atoms with Crippen molar-refractivity contribution >= 4 is 16.9 Å². The van der Waals surface area contributed by atoms with Gasteiger partial charge in [0.15, 0.2) is 0 Å². The van der Waals surface area contributed by atoms with Gasteiger partial charge in [0.2, 0.25) is 0 Å². The topological polar surface area (TPSA) is 84.6 Å². The Balaban J connectivity index is 1.81. The van der Waals surface area contributed by atoms with E-state index in [0.717, 1.165) is 11.1 Å². The number of primary amides is 1. The van der Waals surface area contributed by atoms with Gasteiger partial charge < -0.3 is 20.9 Å². The quantitative estimate of drug-likeness (QED) is 0.560. The maximum absolute atomic E-state index is 10.9. The van der Waals surface area contributed by atoms with Crippen molar-refractivity contribution in [2.45, 2.75) is 31.5 Å². The van der Waals surface area contributed by atoms with Crippen molar-refractivity contribution in [1.82, 2.24) is 5.32 Å². The molecule has 4 N–H and O–H groups in total. The molecule has 3 atom stereocenters. The summed E-state index contributed by atoms with van der Waals surface area (Å²) in [5, 5.41) is 16.5. The Hall–Kier alpha value is -2.89. The molecule has 5 nitrogen and oxygen atoms in total. The summed E-state index contributed by atoms with van der Waals surface area (Å²) in [5.74, 6) is 0. The summed E-state index contributed by atoms with van der Waals surface area (Å²) in [6.45, 7) is 1.92. The van der Waals surface area contributed by atoms with E-state index in [1.54, 1.807) is 0 Å². The summed E-state index contributed by atoms with van der Waals surface area (Å²) in [7, 11) is 0. The van der Waals surface area contributed by atoms with Gasteiger partial charge in [0.25, 0.3) is 0 Å². The number of ether oxygens (including phenoxy) is 1. The van der Waals surface area contributed by atoms with Crippen LogP contribution in [0.4, 0.5) is 4.79 Å². The van der Waals surface area contributed by atoms with Gasteiger partial charge in [-0.2, -0.15) is 0 Å². The molecule has 0 saturated heterocycles. The number of hydrogen-bond donors (Lipinski definition) is 3. The molecule has 3 aromatic rings. The number of benzene rings is 3. The highest BCUT2D eigenvalue weighted by molar-refractivity contribution is 5.86. The van der Waals surface area contributed by atoms with E-state index in [1.807, 2.05) is 48.5 Å². The number of fused-ring (bicyclic) bond motifs is 1. The van der Waals surface area contributed by atoms with Crippen LogP contribution >= 0.6 is 0 Å². The third kappa shape index (κ3) is 5.09. The van der Waals surface area contributed by atoms with Crippen LogP contribution in [-0.4, -0.2) is 30.0 Å². The molecule has 1 unspecified atom stereocenters. The fourth-order valence-electron chi connectivity index (χ4n) is 3.50. The van der Waals surface area contributed by atoms with Crippen LogP contribution in [0.3, 0.4) is 0 Å². The zero-order valence-corrected chi connectivity index (χ0v) is 15.9. The van der Waals surface area contributed by atoms with E-state index < -0.39 is 12.2 Å². The smallest absolute Gasteiger partial charge is 0.404 e. The molecular formula is C23H26N2O3. The second kappa shape index (κ2) is 9.35. The van der Waals surface area contributed by atoms with Crippen molar-refractivity contribution in [1.29, 1.82) is 0 Å². The van der Waals surface area contributed by atoms with Crippen molar-refractivity contribution in [3.8, 4) is 0 Å². The zero-order valence-electron chi connectivity index (χ0n) is 15.9. The summed E-state index contributed by atoms with van der Waals surface area (Å²) in [4.78, 5) is 10.9. The first-order valence-corrected chi connectivity index (χ1v) is 9.42. The molecule has 3 aromatic carbocycles. The molecule has 0 spiro atoms. The fourth-order valence-corrected chi connectivity index (χ4v) is 3.50. The summed E-state index contributed by atoms with van der Waals surface area (Å²) < 4.78 is 4.83. The molecule has 0 aliphatic rings. The minimum absolute atomic E-state index is 0.0111. The molecule has 146 valence electrons. The molecular weight excluding hydrogens is 352 g/mol. The van der Waals surface area contributed by atoms with E-state index in [4.69, 9.17) is 10.5 Å². The lowest BCUT2D eigenvalue weighted by Crippen LogP contribution is -2.45. The highest BCUT2D eigenvalue weighted by Crippen LogP contribution is 2.25. The molecule has 0 aliphatic heterocycles.